The molecule has 8 rings (SSSR count). The number of nitrogen functional groups attached to an aromatic ring is 1. The van der Waals surface area contributed by atoms with E-state index in [-0.39, 0.29) is 34.4 Å². The molecule has 6 aromatic heterocycles. The molecular weight excluding hydrogens is 857 g/mol. The fourth-order valence-corrected chi connectivity index (χ4v) is 6.15. The van der Waals surface area contributed by atoms with Crippen molar-refractivity contribution in [2.75, 3.05) is 48.2 Å². The van der Waals surface area contributed by atoms with Crippen molar-refractivity contribution < 1.29 is 35.8 Å². The Morgan fingerprint density at radius 1 is 0.661 bits per heavy atom. The minimum absolute atomic E-state index is 0.0423. The third kappa shape index (κ3) is 10.1. The van der Waals surface area contributed by atoms with E-state index in [0.717, 1.165) is 21.2 Å². The van der Waals surface area contributed by atoms with E-state index < -0.39 is 37.7 Å². The maximum absolute atomic E-state index is 13.1. The van der Waals surface area contributed by atoms with Gasteiger partial charge in [-0.15, -0.1) is 0 Å². The number of anilines is 5. The number of nitrogens with two attached hydrogens (primary N) is 1. The SMILES string of the molecule is CN1c2nc(Cl)ncc2OCC1C(F)(F)F.Cc1cn(-c2ncc(N)cc2Cl)cn1.Cc1cn(-c2ncc(Nc3ncc4c(n3)N(C)C(C(F)(F)F)CO4)cc2Cl)cn1. The third-order valence-electron chi connectivity index (χ3n) is 8.43. The monoisotopic (exact) mass is 886 g/mol. The van der Waals surface area contributed by atoms with Gasteiger partial charge in [0.1, 0.15) is 25.9 Å². The standard InChI is InChI=1S/C17H15ClF3N7O.C9H9ClN4.C8H7ClF3N3O/c1-9-6-28(8-24-9)14-11(18)3-10(4-22-14)25-16-23-5-12-15(26-16)27(2)13(7-29-12)17(19,20)21;1-6-4-14(5-13-6)9-8(10)2-7(11)3-12-9;1-15-5(8(10,11)12)3-16-4-2-13-7(9)14-6(4)15/h3-6,8,13H,7H2,1-2H3,(H,23,25,26);2-5H,11H2,1H3;2,5H,3H2,1H3. The number of pyridine rings is 2. The molecule has 3 N–H and O–H groups in total. The number of ether oxygens (including phenoxy) is 2. The summed E-state index contributed by atoms with van der Waals surface area (Å²) in [6, 6.07) is -0.224. The quantitative estimate of drug-likeness (QED) is 0.134. The Hall–Kier alpha value is -5.87. The molecule has 6 aromatic rings. The highest BCUT2D eigenvalue weighted by atomic mass is 35.5. The summed E-state index contributed by atoms with van der Waals surface area (Å²) in [5, 5.41) is 3.65. The maximum atomic E-state index is 13.1. The molecule has 0 saturated carbocycles. The highest BCUT2D eigenvalue weighted by molar-refractivity contribution is 6.32. The molecule has 0 aromatic carbocycles. The molecule has 2 aliphatic rings. The van der Waals surface area contributed by atoms with Crippen molar-refractivity contribution in [2.45, 2.75) is 38.3 Å². The Labute approximate surface area is 346 Å². The van der Waals surface area contributed by atoms with Gasteiger partial charge in [-0.05, 0) is 37.6 Å². The summed E-state index contributed by atoms with van der Waals surface area (Å²) >= 11 is 17.8. The van der Waals surface area contributed by atoms with Gasteiger partial charge >= 0.3 is 12.4 Å². The molecular formula is C34H31Cl3F6N14O2. The first kappa shape index (κ1) is 42.7. The first-order chi connectivity index (χ1) is 27.8. The first-order valence-electron chi connectivity index (χ1n) is 16.9. The van der Waals surface area contributed by atoms with E-state index in [1.807, 2.05) is 20.0 Å². The Kier molecular flexibility index (Phi) is 12.4. The summed E-state index contributed by atoms with van der Waals surface area (Å²) in [7, 11) is 2.61. The second kappa shape index (κ2) is 17.2. The third-order valence-corrected chi connectivity index (χ3v) is 9.17. The van der Waals surface area contributed by atoms with Gasteiger partial charge in [0.2, 0.25) is 11.2 Å². The van der Waals surface area contributed by atoms with Crippen LogP contribution in [0.4, 0.5) is 55.3 Å². The summed E-state index contributed by atoms with van der Waals surface area (Å²) in [6.45, 7) is 2.76. The molecule has 16 nitrogen and oxygen atoms in total. The minimum Gasteiger partial charge on any atom is -0.486 e. The van der Waals surface area contributed by atoms with Crippen LogP contribution in [0.2, 0.25) is 15.3 Å². The smallest absolute Gasteiger partial charge is 0.412 e. The number of imidazole rings is 2. The van der Waals surface area contributed by atoms with Crippen LogP contribution in [0.3, 0.4) is 0 Å². The summed E-state index contributed by atoms with van der Waals surface area (Å²) < 4.78 is 90.8. The lowest BCUT2D eigenvalue weighted by molar-refractivity contribution is -0.156. The van der Waals surface area contributed by atoms with Gasteiger partial charge < -0.3 is 30.3 Å². The Balaban J connectivity index is 0.000000164. The van der Waals surface area contributed by atoms with E-state index in [2.05, 4.69) is 45.2 Å². The Bertz CT molecular complexity index is 2430. The summed E-state index contributed by atoms with van der Waals surface area (Å²) in [5.74, 6) is 1.69. The number of fused-ring (bicyclic) bond motifs is 2. The number of nitrogens with zero attached hydrogens (tertiary/aromatic N) is 12. The lowest BCUT2D eigenvalue weighted by Crippen LogP contribution is -2.50. The molecule has 2 atom stereocenters. The molecule has 0 radical (unpaired) electrons. The number of rotatable bonds is 4. The lowest BCUT2D eigenvalue weighted by atomic mass is 10.2. The number of likely N-dealkylation sites (N-methyl/N-ethyl adjacent to an activating group) is 2. The average Bonchev–Trinajstić information content (AvgIpc) is 3.79. The van der Waals surface area contributed by atoms with Gasteiger partial charge in [-0.25, -0.2) is 29.9 Å². The molecule has 2 unspecified atom stereocenters. The highest BCUT2D eigenvalue weighted by Gasteiger charge is 2.47. The highest BCUT2D eigenvalue weighted by Crippen LogP contribution is 2.38. The summed E-state index contributed by atoms with van der Waals surface area (Å²) in [4.78, 5) is 34.3. The molecule has 2 aliphatic heterocycles. The van der Waals surface area contributed by atoms with Crippen LogP contribution in [-0.4, -0.2) is 101 Å². The summed E-state index contributed by atoms with van der Waals surface area (Å²) in [5.41, 5.74) is 8.30. The van der Waals surface area contributed by atoms with E-state index in [1.165, 1.54) is 32.7 Å². The minimum atomic E-state index is -4.44. The zero-order chi connectivity index (χ0) is 42.8. The van der Waals surface area contributed by atoms with E-state index in [9.17, 15) is 26.3 Å². The summed E-state index contributed by atoms with van der Waals surface area (Å²) in [6.07, 6.45) is 3.74. The molecule has 0 saturated heterocycles. The molecule has 0 spiro atoms. The molecule has 0 aliphatic carbocycles. The van der Waals surface area contributed by atoms with Crippen LogP contribution < -0.4 is 30.3 Å². The van der Waals surface area contributed by atoms with Crippen LogP contribution in [0.1, 0.15) is 11.4 Å². The number of aromatic nitrogens is 10. The number of halogens is 9. The van der Waals surface area contributed by atoms with Crippen LogP contribution in [0, 0.1) is 13.8 Å². The molecule has 25 heteroatoms. The fraction of sp³-hybridized carbons (Fsp3) is 0.294. The van der Waals surface area contributed by atoms with Crippen LogP contribution >= 0.6 is 34.8 Å². The van der Waals surface area contributed by atoms with Crippen LogP contribution in [0.25, 0.3) is 11.6 Å². The van der Waals surface area contributed by atoms with Gasteiger partial charge in [-0.1, -0.05) is 23.2 Å². The van der Waals surface area contributed by atoms with Crippen molar-refractivity contribution in [3.05, 3.63) is 88.7 Å². The number of alkyl halides is 6. The molecule has 312 valence electrons. The van der Waals surface area contributed by atoms with Crippen molar-refractivity contribution in [2.24, 2.45) is 0 Å². The Morgan fingerprint density at radius 2 is 1.15 bits per heavy atom. The van der Waals surface area contributed by atoms with E-state index in [0.29, 0.717) is 33.1 Å². The number of nitrogens with one attached hydrogen (secondary N) is 1. The van der Waals surface area contributed by atoms with E-state index in [4.69, 9.17) is 50.0 Å². The molecule has 0 bridgehead atoms. The Morgan fingerprint density at radius 3 is 1.63 bits per heavy atom. The lowest BCUT2D eigenvalue weighted by Gasteiger charge is -2.35. The van der Waals surface area contributed by atoms with Gasteiger partial charge in [0.25, 0.3) is 0 Å². The molecule has 0 amide bonds. The van der Waals surface area contributed by atoms with Gasteiger partial charge in [0.05, 0.1) is 57.6 Å². The van der Waals surface area contributed by atoms with Gasteiger partial charge in [0, 0.05) is 26.5 Å². The van der Waals surface area contributed by atoms with Crippen molar-refractivity contribution in [3.8, 4) is 23.1 Å². The zero-order valence-electron chi connectivity index (χ0n) is 31.0. The largest absolute Gasteiger partial charge is 0.486 e. The zero-order valence-corrected chi connectivity index (χ0v) is 33.3. The van der Waals surface area contributed by atoms with E-state index in [1.54, 1.807) is 46.3 Å². The topological polar surface area (TPSA) is 176 Å². The van der Waals surface area contributed by atoms with Gasteiger partial charge in [-0.3, -0.25) is 9.13 Å². The van der Waals surface area contributed by atoms with Crippen LogP contribution in [0.5, 0.6) is 11.5 Å². The van der Waals surface area contributed by atoms with Gasteiger partial charge in [0.15, 0.2) is 46.9 Å². The second-order valence-electron chi connectivity index (χ2n) is 12.7. The molecule has 0 fully saturated rings. The van der Waals surface area contributed by atoms with Crippen molar-refractivity contribution in [1.82, 2.24) is 49.0 Å². The van der Waals surface area contributed by atoms with Crippen LogP contribution in [-0.2, 0) is 0 Å². The second-order valence-corrected chi connectivity index (χ2v) is 13.9. The van der Waals surface area contributed by atoms with Crippen molar-refractivity contribution in [1.29, 1.82) is 0 Å². The van der Waals surface area contributed by atoms with Crippen molar-refractivity contribution in [3.63, 3.8) is 0 Å². The van der Waals surface area contributed by atoms with Crippen molar-refractivity contribution >= 4 is 63.8 Å². The van der Waals surface area contributed by atoms with Crippen LogP contribution in [0.15, 0.2) is 62.0 Å². The fourth-order valence-electron chi connectivity index (χ4n) is 5.48. The predicted octanol–water partition coefficient (Wildman–Crippen LogP) is 7.22. The number of aryl methyl sites for hydroxylation is 2. The van der Waals surface area contributed by atoms with E-state index >= 15 is 0 Å². The molecule has 8 heterocycles. The number of hydrogen-bond acceptors (Lipinski definition) is 14. The average molecular weight is 888 g/mol. The number of hydrogen-bond donors (Lipinski definition) is 2. The predicted molar refractivity (Wildman–Crippen MR) is 206 cm³/mol. The molecule has 59 heavy (non-hydrogen) atoms. The normalized spacial score (nSPS) is 16.0. The van der Waals surface area contributed by atoms with Gasteiger partial charge in [-0.2, -0.15) is 36.3 Å². The maximum Gasteiger partial charge on any atom is 0.412 e. The first-order valence-corrected chi connectivity index (χ1v) is 18.0.